The third kappa shape index (κ3) is 3.37. The minimum Gasteiger partial charge on any atom is -0.285 e. The molecule has 0 spiro atoms. The zero-order valence-corrected chi connectivity index (χ0v) is 15.6. The molecule has 0 aliphatic carbocycles. The van der Waals surface area contributed by atoms with Crippen molar-refractivity contribution in [2.24, 2.45) is 0 Å². The molecule has 0 radical (unpaired) electrons. The quantitative estimate of drug-likeness (QED) is 0.605. The lowest BCUT2D eigenvalue weighted by atomic mass is 10.1. The number of rotatable bonds is 2. The molecule has 0 amide bonds. The molecule has 3 aromatic rings. The normalized spacial score (nSPS) is 10.4. The van der Waals surface area contributed by atoms with Gasteiger partial charge in [0.1, 0.15) is 0 Å². The summed E-state index contributed by atoms with van der Waals surface area (Å²) in [5.41, 5.74) is 6.61. The summed E-state index contributed by atoms with van der Waals surface area (Å²) in [4.78, 5) is 0.523. The Balaban J connectivity index is 0.00000192. The molecule has 0 atom stereocenters. The van der Waals surface area contributed by atoms with Crippen LogP contribution in [0.5, 0.6) is 0 Å². The average molecular weight is 365 g/mol. The maximum absolute atomic E-state index is 8.28. The number of hydrogen-bond donors (Lipinski definition) is 1. The highest BCUT2D eigenvalue weighted by Crippen LogP contribution is 2.28. The van der Waals surface area contributed by atoms with Crippen molar-refractivity contribution in [3.63, 3.8) is 0 Å². The molecule has 3 rings (SSSR count). The lowest BCUT2D eigenvalue weighted by Gasteiger charge is -2.13. The van der Waals surface area contributed by atoms with Crippen molar-refractivity contribution in [2.45, 2.75) is 20.8 Å². The number of nitrogens with one attached hydrogen (secondary N) is 1. The van der Waals surface area contributed by atoms with Gasteiger partial charge >= 0.3 is 0 Å². The van der Waals surface area contributed by atoms with Crippen molar-refractivity contribution in [3.8, 4) is 16.9 Å². The fourth-order valence-electron chi connectivity index (χ4n) is 2.62. The molecule has 2 nitrogen and oxygen atoms in total. The molecule has 2 aromatic carbocycles. The Morgan fingerprint density at radius 1 is 1.00 bits per heavy atom. The van der Waals surface area contributed by atoms with Crippen LogP contribution in [-0.2, 0) is 0 Å². The van der Waals surface area contributed by atoms with E-state index in [4.69, 9.17) is 17.0 Å². The number of aryl methyl sites for hydroxylation is 3. The first kappa shape index (κ1) is 17.8. The van der Waals surface area contributed by atoms with Crippen LogP contribution in [0.25, 0.3) is 16.9 Å². The Hall–Kier alpha value is -1.55. The van der Waals surface area contributed by atoms with Gasteiger partial charge in [0.25, 0.3) is 0 Å². The van der Waals surface area contributed by atoms with Gasteiger partial charge < -0.3 is 0 Å². The predicted octanol–water partition coefficient (Wildman–Crippen LogP) is 5.69. The summed E-state index contributed by atoms with van der Waals surface area (Å²) >= 11 is 7.57. The summed E-state index contributed by atoms with van der Waals surface area (Å²) < 4.78 is 2.00. The van der Waals surface area contributed by atoms with Crippen LogP contribution in [0.1, 0.15) is 16.7 Å². The van der Waals surface area contributed by atoms with Crippen LogP contribution in [-0.4, -0.2) is 4.57 Å². The molecule has 0 saturated carbocycles. The molecular formula is C18H18Cl2N2S. The first-order valence-electron chi connectivity index (χ1n) is 7.06. The Kier molecular flexibility index (Phi) is 5.35. The van der Waals surface area contributed by atoms with Crippen molar-refractivity contribution < 1.29 is 0 Å². The van der Waals surface area contributed by atoms with Crippen molar-refractivity contribution in [3.05, 3.63) is 68.3 Å². The zero-order valence-electron chi connectivity index (χ0n) is 13.2. The molecule has 1 aromatic heterocycles. The van der Waals surface area contributed by atoms with E-state index in [0.717, 1.165) is 27.5 Å². The second-order valence-electron chi connectivity index (χ2n) is 5.52. The molecule has 0 saturated heterocycles. The van der Waals surface area contributed by atoms with Gasteiger partial charge in [0.15, 0.2) is 4.80 Å². The molecule has 1 N–H and O–H groups in total. The van der Waals surface area contributed by atoms with Crippen LogP contribution in [0, 0.1) is 26.2 Å². The van der Waals surface area contributed by atoms with Crippen molar-refractivity contribution in [1.82, 2.24) is 4.57 Å². The molecule has 0 aliphatic rings. The van der Waals surface area contributed by atoms with E-state index in [1.807, 2.05) is 29.0 Å². The Labute approximate surface area is 151 Å². The van der Waals surface area contributed by atoms with Crippen molar-refractivity contribution in [1.29, 1.82) is 5.41 Å². The minimum atomic E-state index is 0. The third-order valence-electron chi connectivity index (χ3n) is 3.77. The Bertz CT molecular complexity index is 910. The average Bonchev–Trinajstić information content (AvgIpc) is 2.84. The van der Waals surface area contributed by atoms with Gasteiger partial charge in [-0.3, -0.25) is 9.98 Å². The smallest absolute Gasteiger partial charge is 0.187 e. The van der Waals surface area contributed by atoms with Gasteiger partial charge in [0.05, 0.1) is 11.4 Å². The molecule has 1 heterocycles. The minimum absolute atomic E-state index is 0. The maximum Gasteiger partial charge on any atom is 0.187 e. The first-order valence-corrected chi connectivity index (χ1v) is 8.32. The standard InChI is InChI=1S/C18H17ClN2S.ClH/c1-11-4-7-16(13(3)8-11)21-17(10-22-18(21)20)14-5-6-15(19)12(2)9-14;/h4-10,20H,1-3H3;1H. The highest BCUT2D eigenvalue weighted by atomic mass is 35.5. The van der Waals surface area contributed by atoms with Crippen LogP contribution >= 0.6 is 35.3 Å². The number of hydrogen-bond acceptors (Lipinski definition) is 2. The second kappa shape index (κ2) is 6.91. The van der Waals surface area contributed by atoms with Gasteiger partial charge in [-0.1, -0.05) is 35.4 Å². The van der Waals surface area contributed by atoms with E-state index >= 15 is 0 Å². The Morgan fingerprint density at radius 3 is 2.39 bits per heavy atom. The van der Waals surface area contributed by atoms with E-state index in [-0.39, 0.29) is 12.4 Å². The molecule has 23 heavy (non-hydrogen) atoms. The summed E-state index contributed by atoms with van der Waals surface area (Å²) in [6, 6.07) is 12.3. The van der Waals surface area contributed by atoms with Gasteiger partial charge in [-0.25, -0.2) is 0 Å². The molecule has 0 aliphatic heterocycles. The monoisotopic (exact) mass is 364 g/mol. The number of thiazole rings is 1. The zero-order chi connectivity index (χ0) is 15.9. The molecular weight excluding hydrogens is 347 g/mol. The van der Waals surface area contributed by atoms with Gasteiger partial charge in [0.2, 0.25) is 0 Å². The first-order chi connectivity index (χ1) is 10.5. The highest BCUT2D eigenvalue weighted by Gasteiger charge is 2.12. The predicted molar refractivity (Wildman–Crippen MR) is 101 cm³/mol. The third-order valence-corrected chi connectivity index (χ3v) is 4.94. The number of aromatic nitrogens is 1. The molecule has 120 valence electrons. The van der Waals surface area contributed by atoms with Crippen molar-refractivity contribution in [2.75, 3.05) is 0 Å². The molecule has 0 fully saturated rings. The van der Waals surface area contributed by atoms with Gasteiger partial charge in [-0.2, -0.15) is 0 Å². The van der Waals surface area contributed by atoms with Crippen LogP contribution < -0.4 is 4.80 Å². The topological polar surface area (TPSA) is 28.8 Å². The lowest BCUT2D eigenvalue weighted by Crippen LogP contribution is -2.13. The molecule has 5 heteroatoms. The fraction of sp³-hybridized carbons (Fsp3) is 0.167. The van der Waals surface area contributed by atoms with Crippen molar-refractivity contribution >= 4 is 35.3 Å². The molecule has 0 bridgehead atoms. The lowest BCUT2D eigenvalue weighted by molar-refractivity contribution is 0.974. The van der Waals surface area contributed by atoms with E-state index in [1.54, 1.807) is 0 Å². The largest absolute Gasteiger partial charge is 0.285 e. The van der Waals surface area contributed by atoms with Crippen LogP contribution in [0.2, 0.25) is 5.02 Å². The van der Waals surface area contributed by atoms with Crippen LogP contribution in [0.3, 0.4) is 0 Å². The van der Waals surface area contributed by atoms with E-state index in [2.05, 4.69) is 38.1 Å². The molecule has 0 unspecified atom stereocenters. The summed E-state index contributed by atoms with van der Waals surface area (Å²) in [6.07, 6.45) is 0. The van der Waals surface area contributed by atoms with E-state index in [0.29, 0.717) is 4.80 Å². The van der Waals surface area contributed by atoms with Crippen LogP contribution in [0.4, 0.5) is 0 Å². The highest BCUT2D eigenvalue weighted by molar-refractivity contribution is 7.07. The Morgan fingerprint density at radius 2 is 1.74 bits per heavy atom. The number of halogens is 2. The van der Waals surface area contributed by atoms with E-state index in [1.165, 1.54) is 22.5 Å². The van der Waals surface area contributed by atoms with Crippen LogP contribution in [0.15, 0.2) is 41.8 Å². The maximum atomic E-state index is 8.28. The summed E-state index contributed by atoms with van der Waals surface area (Å²) in [5, 5.41) is 11.1. The second-order valence-corrected chi connectivity index (χ2v) is 6.78. The SMILES string of the molecule is Cc1ccc(-n2c(-c3ccc(Cl)c(C)c3)csc2=N)c(C)c1.Cl. The van der Waals surface area contributed by atoms with Gasteiger partial charge in [-0.15, -0.1) is 23.7 Å². The van der Waals surface area contributed by atoms with E-state index in [9.17, 15) is 0 Å². The van der Waals surface area contributed by atoms with Gasteiger partial charge in [-0.05, 0) is 55.7 Å². The summed E-state index contributed by atoms with van der Waals surface area (Å²) in [7, 11) is 0. The number of benzene rings is 2. The summed E-state index contributed by atoms with van der Waals surface area (Å²) in [5.74, 6) is 0. The number of nitrogens with zero attached hydrogens (tertiary/aromatic N) is 1. The summed E-state index contributed by atoms with van der Waals surface area (Å²) in [6.45, 7) is 6.17. The van der Waals surface area contributed by atoms with E-state index < -0.39 is 0 Å². The van der Waals surface area contributed by atoms with Gasteiger partial charge in [0, 0.05) is 10.4 Å². The fourth-order valence-corrected chi connectivity index (χ4v) is 3.51.